The molecule has 2 N–H and O–H groups in total. The number of rotatable bonds is 3. The van der Waals surface area contributed by atoms with Gasteiger partial charge in [0.05, 0.1) is 22.9 Å². The lowest BCUT2D eigenvalue weighted by atomic mass is 10.2. The van der Waals surface area contributed by atoms with Crippen LogP contribution in [0.3, 0.4) is 0 Å². The van der Waals surface area contributed by atoms with E-state index in [1.165, 1.54) is 0 Å². The number of benzene rings is 1. The molecule has 0 radical (unpaired) electrons. The van der Waals surface area contributed by atoms with Crippen LogP contribution in [0.1, 0.15) is 11.3 Å². The minimum absolute atomic E-state index is 0.596. The van der Waals surface area contributed by atoms with Crippen molar-refractivity contribution in [2.75, 3.05) is 12.8 Å². The second-order valence-electron chi connectivity index (χ2n) is 3.90. The van der Waals surface area contributed by atoms with E-state index < -0.39 is 0 Å². The van der Waals surface area contributed by atoms with Gasteiger partial charge in [-0.1, -0.05) is 15.9 Å². The molecule has 6 heteroatoms. The third-order valence-electron chi connectivity index (χ3n) is 2.65. The Morgan fingerprint density at radius 1 is 1.50 bits per heavy atom. The van der Waals surface area contributed by atoms with Gasteiger partial charge >= 0.3 is 0 Å². The SMILES string of the molecule is COc1ccc(Br)cc1Cn1nc(C)c(I)c1N. The molecule has 0 saturated heterocycles. The number of anilines is 1. The monoisotopic (exact) mass is 421 g/mol. The molecule has 0 saturated carbocycles. The minimum atomic E-state index is 0.596. The first-order chi connectivity index (χ1) is 8.52. The number of hydrogen-bond donors (Lipinski definition) is 1. The zero-order valence-corrected chi connectivity index (χ0v) is 13.8. The van der Waals surface area contributed by atoms with Gasteiger partial charge in [-0.15, -0.1) is 0 Å². The van der Waals surface area contributed by atoms with Crippen LogP contribution in [0.5, 0.6) is 5.75 Å². The van der Waals surface area contributed by atoms with Crippen molar-refractivity contribution >= 4 is 44.3 Å². The van der Waals surface area contributed by atoms with Gasteiger partial charge in [-0.25, -0.2) is 4.68 Å². The summed E-state index contributed by atoms with van der Waals surface area (Å²) in [5, 5.41) is 4.42. The second-order valence-corrected chi connectivity index (χ2v) is 5.89. The van der Waals surface area contributed by atoms with E-state index in [0.29, 0.717) is 12.4 Å². The first kappa shape index (κ1) is 13.7. The molecule has 0 atom stereocenters. The van der Waals surface area contributed by atoms with Gasteiger partial charge < -0.3 is 10.5 Å². The summed E-state index contributed by atoms with van der Waals surface area (Å²) in [7, 11) is 1.66. The van der Waals surface area contributed by atoms with E-state index in [0.717, 1.165) is 25.0 Å². The predicted molar refractivity (Wildman–Crippen MR) is 83.9 cm³/mol. The van der Waals surface area contributed by atoms with Crippen LogP contribution in [0.15, 0.2) is 22.7 Å². The quantitative estimate of drug-likeness (QED) is 0.774. The number of halogens is 2. The van der Waals surface area contributed by atoms with Crippen LogP contribution >= 0.6 is 38.5 Å². The Bertz CT molecular complexity index is 583. The second kappa shape index (κ2) is 5.48. The molecular formula is C12H13BrIN3O. The standard InChI is InChI=1S/C12H13BrIN3O/c1-7-11(14)12(15)17(16-7)6-8-5-9(13)3-4-10(8)18-2/h3-5H,6,15H2,1-2H3. The Hall–Kier alpha value is -0.760. The van der Waals surface area contributed by atoms with Gasteiger partial charge in [0.1, 0.15) is 11.6 Å². The first-order valence-corrected chi connectivity index (χ1v) is 7.21. The van der Waals surface area contributed by atoms with Gasteiger partial charge in [-0.05, 0) is 47.7 Å². The number of nitrogens with two attached hydrogens (primary N) is 1. The van der Waals surface area contributed by atoms with Crippen molar-refractivity contribution in [2.24, 2.45) is 0 Å². The number of ether oxygens (including phenoxy) is 1. The van der Waals surface area contributed by atoms with Crippen molar-refractivity contribution in [3.05, 3.63) is 37.5 Å². The van der Waals surface area contributed by atoms with Crippen molar-refractivity contribution in [3.8, 4) is 5.75 Å². The van der Waals surface area contributed by atoms with E-state index in [9.17, 15) is 0 Å². The van der Waals surface area contributed by atoms with Crippen LogP contribution in [-0.2, 0) is 6.54 Å². The number of aromatic nitrogens is 2. The molecule has 0 spiro atoms. The van der Waals surface area contributed by atoms with Crippen LogP contribution < -0.4 is 10.5 Å². The van der Waals surface area contributed by atoms with E-state index in [1.54, 1.807) is 11.8 Å². The molecule has 0 amide bonds. The van der Waals surface area contributed by atoms with Crippen LogP contribution in [0.25, 0.3) is 0 Å². The molecule has 0 unspecified atom stereocenters. The zero-order valence-electron chi connectivity index (χ0n) is 10.1. The average Bonchev–Trinajstić information content (AvgIpc) is 2.57. The Labute approximate surface area is 128 Å². The molecule has 2 aromatic rings. The maximum atomic E-state index is 6.02. The van der Waals surface area contributed by atoms with Crippen molar-refractivity contribution in [1.82, 2.24) is 9.78 Å². The largest absolute Gasteiger partial charge is 0.496 e. The highest BCUT2D eigenvalue weighted by Gasteiger charge is 2.12. The van der Waals surface area contributed by atoms with Crippen molar-refractivity contribution in [2.45, 2.75) is 13.5 Å². The topological polar surface area (TPSA) is 53.1 Å². The third-order valence-corrected chi connectivity index (χ3v) is 4.48. The van der Waals surface area contributed by atoms with Gasteiger partial charge in [-0.2, -0.15) is 5.10 Å². The lowest BCUT2D eigenvalue weighted by Gasteiger charge is -2.10. The fraction of sp³-hybridized carbons (Fsp3) is 0.250. The van der Waals surface area contributed by atoms with Crippen molar-refractivity contribution in [1.29, 1.82) is 0 Å². The average molecular weight is 422 g/mol. The van der Waals surface area contributed by atoms with E-state index in [2.05, 4.69) is 43.6 Å². The Kier molecular flexibility index (Phi) is 4.16. The van der Waals surface area contributed by atoms with Gasteiger partial charge in [-0.3, -0.25) is 0 Å². The van der Waals surface area contributed by atoms with Gasteiger partial charge in [0.25, 0.3) is 0 Å². The summed E-state index contributed by atoms with van der Waals surface area (Å²) in [5.41, 5.74) is 8.01. The third kappa shape index (κ3) is 2.64. The fourth-order valence-corrected chi connectivity index (χ4v) is 2.52. The zero-order chi connectivity index (χ0) is 13.3. The molecule has 0 bridgehead atoms. The summed E-state index contributed by atoms with van der Waals surface area (Å²) in [4.78, 5) is 0. The molecule has 0 fully saturated rings. The van der Waals surface area contributed by atoms with Crippen molar-refractivity contribution in [3.63, 3.8) is 0 Å². The number of nitrogen functional groups attached to an aromatic ring is 1. The van der Waals surface area contributed by atoms with E-state index in [1.807, 2.05) is 25.1 Å². The normalized spacial score (nSPS) is 10.7. The smallest absolute Gasteiger partial charge is 0.135 e. The van der Waals surface area contributed by atoms with Gasteiger partial charge in [0, 0.05) is 10.0 Å². The van der Waals surface area contributed by atoms with Crippen LogP contribution in [0, 0.1) is 10.5 Å². The Balaban J connectivity index is 2.39. The highest BCUT2D eigenvalue weighted by molar-refractivity contribution is 14.1. The van der Waals surface area contributed by atoms with E-state index >= 15 is 0 Å². The number of hydrogen-bond acceptors (Lipinski definition) is 3. The van der Waals surface area contributed by atoms with E-state index in [4.69, 9.17) is 10.5 Å². The van der Waals surface area contributed by atoms with Gasteiger partial charge in [0.2, 0.25) is 0 Å². The Morgan fingerprint density at radius 3 is 2.78 bits per heavy atom. The molecule has 96 valence electrons. The van der Waals surface area contributed by atoms with E-state index in [-0.39, 0.29) is 0 Å². The highest BCUT2D eigenvalue weighted by Crippen LogP contribution is 2.26. The summed E-state index contributed by atoms with van der Waals surface area (Å²) in [6, 6.07) is 5.89. The fourth-order valence-electron chi connectivity index (χ4n) is 1.73. The summed E-state index contributed by atoms with van der Waals surface area (Å²) in [6.07, 6.45) is 0. The number of aryl methyl sites for hydroxylation is 1. The summed E-state index contributed by atoms with van der Waals surface area (Å²) >= 11 is 5.67. The van der Waals surface area contributed by atoms with Crippen molar-refractivity contribution < 1.29 is 4.74 Å². The van der Waals surface area contributed by atoms with Crippen LogP contribution in [0.2, 0.25) is 0 Å². The molecule has 2 rings (SSSR count). The molecular weight excluding hydrogens is 409 g/mol. The number of nitrogens with zero attached hydrogens (tertiary/aromatic N) is 2. The Morgan fingerprint density at radius 2 is 2.22 bits per heavy atom. The highest BCUT2D eigenvalue weighted by atomic mass is 127. The molecule has 0 aliphatic carbocycles. The predicted octanol–water partition coefficient (Wildman–Crippen LogP) is 3.20. The molecule has 0 aliphatic rings. The molecule has 4 nitrogen and oxygen atoms in total. The summed E-state index contributed by atoms with van der Waals surface area (Å²) < 4.78 is 9.15. The number of methoxy groups -OCH3 is 1. The first-order valence-electron chi connectivity index (χ1n) is 5.33. The maximum Gasteiger partial charge on any atom is 0.135 e. The molecule has 1 aromatic carbocycles. The maximum absolute atomic E-state index is 6.02. The molecule has 1 heterocycles. The summed E-state index contributed by atoms with van der Waals surface area (Å²) in [5.74, 6) is 1.52. The molecule has 0 aliphatic heterocycles. The summed E-state index contributed by atoms with van der Waals surface area (Å²) in [6.45, 7) is 2.55. The minimum Gasteiger partial charge on any atom is -0.496 e. The lowest BCUT2D eigenvalue weighted by Crippen LogP contribution is -2.07. The lowest BCUT2D eigenvalue weighted by molar-refractivity contribution is 0.407. The van der Waals surface area contributed by atoms with Crippen LogP contribution in [0.4, 0.5) is 5.82 Å². The molecule has 1 aromatic heterocycles. The van der Waals surface area contributed by atoms with Gasteiger partial charge in [0.15, 0.2) is 0 Å². The van der Waals surface area contributed by atoms with Crippen LogP contribution in [-0.4, -0.2) is 16.9 Å². The molecule has 18 heavy (non-hydrogen) atoms.